The molecule has 0 fully saturated rings. The van der Waals surface area contributed by atoms with E-state index in [0.717, 1.165) is 0 Å². The van der Waals surface area contributed by atoms with Gasteiger partial charge in [0.25, 0.3) is 5.91 Å². The summed E-state index contributed by atoms with van der Waals surface area (Å²) < 4.78 is 10.3. The Morgan fingerprint density at radius 1 is 1.50 bits per heavy atom. The number of ether oxygens (including phenoxy) is 2. The number of hydrogen-bond donors (Lipinski definition) is 0. The van der Waals surface area contributed by atoms with Crippen molar-refractivity contribution in [1.82, 2.24) is 0 Å². The average Bonchev–Trinajstić information content (AvgIpc) is 2.33. The third-order valence-corrected chi connectivity index (χ3v) is 2.48. The fourth-order valence-corrected chi connectivity index (χ4v) is 1.58. The van der Waals surface area contributed by atoms with Gasteiger partial charge in [-0.05, 0) is 12.1 Å². The number of anilines is 1. The van der Waals surface area contributed by atoms with E-state index in [9.17, 15) is 9.59 Å². The van der Waals surface area contributed by atoms with Gasteiger partial charge in [-0.25, -0.2) is 0 Å². The molecule has 0 aliphatic carbocycles. The van der Waals surface area contributed by atoms with E-state index in [4.69, 9.17) is 9.47 Å². The molecule has 0 N–H and O–H groups in total. The van der Waals surface area contributed by atoms with Crippen molar-refractivity contribution in [2.24, 2.45) is 0 Å². The van der Waals surface area contributed by atoms with Crippen molar-refractivity contribution in [1.29, 1.82) is 0 Å². The Balaban J connectivity index is 2.45. The van der Waals surface area contributed by atoms with Gasteiger partial charge in [-0.15, -0.1) is 0 Å². The predicted molar refractivity (Wildman–Crippen MR) is 56.9 cm³/mol. The summed E-state index contributed by atoms with van der Waals surface area (Å²) in [5, 5.41) is 0. The number of fused-ring (bicyclic) bond motifs is 1. The third-order valence-electron chi connectivity index (χ3n) is 2.48. The van der Waals surface area contributed by atoms with Gasteiger partial charge < -0.3 is 14.4 Å². The molecular formula is C11H11NO4. The molecule has 2 rings (SSSR count). The Morgan fingerprint density at radius 2 is 2.25 bits per heavy atom. The molecule has 1 aliphatic heterocycles. The maximum atomic E-state index is 11.6. The number of methoxy groups -OCH3 is 1. The van der Waals surface area contributed by atoms with Crippen molar-refractivity contribution in [3.8, 4) is 11.5 Å². The lowest BCUT2D eigenvalue weighted by Crippen LogP contribution is -2.44. The summed E-state index contributed by atoms with van der Waals surface area (Å²) >= 11 is 0. The minimum Gasteiger partial charge on any atom is -0.497 e. The fraction of sp³-hybridized carbons (Fsp3) is 0.273. The van der Waals surface area contributed by atoms with Gasteiger partial charge >= 0.3 is 0 Å². The topological polar surface area (TPSA) is 55.8 Å². The lowest BCUT2D eigenvalue weighted by atomic mass is 10.2. The largest absolute Gasteiger partial charge is 0.497 e. The van der Waals surface area contributed by atoms with Crippen molar-refractivity contribution < 1.29 is 19.1 Å². The van der Waals surface area contributed by atoms with Gasteiger partial charge in [0.2, 0.25) is 6.10 Å². The maximum absolute atomic E-state index is 11.6. The highest BCUT2D eigenvalue weighted by Gasteiger charge is 2.31. The SMILES string of the molecule is COc1ccc2c(c1)OC(C=O)C(=O)N2C. The van der Waals surface area contributed by atoms with Crippen LogP contribution in [0.25, 0.3) is 0 Å². The van der Waals surface area contributed by atoms with Crippen LogP contribution in [0.2, 0.25) is 0 Å². The number of amides is 1. The first-order valence-electron chi connectivity index (χ1n) is 4.75. The summed E-state index contributed by atoms with van der Waals surface area (Å²) in [6.45, 7) is 0. The summed E-state index contributed by atoms with van der Waals surface area (Å²) in [7, 11) is 3.14. The normalized spacial score (nSPS) is 18.8. The molecule has 1 heterocycles. The standard InChI is InChI=1S/C11H11NO4/c1-12-8-4-3-7(15-2)5-9(8)16-10(6-13)11(12)14/h3-6,10H,1-2H3. The van der Waals surface area contributed by atoms with Crippen LogP contribution in [0, 0.1) is 0 Å². The van der Waals surface area contributed by atoms with Crippen molar-refractivity contribution in [2.45, 2.75) is 6.10 Å². The number of likely N-dealkylation sites (N-methyl/N-ethyl adjacent to an activating group) is 1. The van der Waals surface area contributed by atoms with Gasteiger partial charge in [-0.1, -0.05) is 0 Å². The molecule has 0 spiro atoms. The first-order valence-corrected chi connectivity index (χ1v) is 4.75. The minimum absolute atomic E-state index is 0.368. The quantitative estimate of drug-likeness (QED) is 0.542. The van der Waals surface area contributed by atoms with Crippen LogP contribution in [0.3, 0.4) is 0 Å². The molecule has 1 aromatic rings. The number of nitrogens with zero attached hydrogens (tertiary/aromatic N) is 1. The maximum Gasteiger partial charge on any atom is 0.275 e. The molecule has 1 atom stereocenters. The van der Waals surface area contributed by atoms with Crippen molar-refractivity contribution in [2.75, 3.05) is 19.1 Å². The number of carbonyl (C=O) groups excluding carboxylic acids is 2. The van der Waals surface area contributed by atoms with Gasteiger partial charge in [0.05, 0.1) is 12.8 Å². The van der Waals surface area contributed by atoms with Crippen LogP contribution in [0.15, 0.2) is 18.2 Å². The number of rotatable bonds is 2. The second kappa shape index (κ2) is 3.84. The summed E-state index contributed by atoms with van der Waals surface area (Å²) in [6.07, 6.45) is -0.578. The van der Waals surface area contributed by atoms with Crippen LogP contribution in [-0.2, 0) is 9.59 Å². The van der Waals surface area contributed by atoms with Crippen LogP contribution in [0.1, 0.15) is 0 Å². The number of benzene rings is 1. The molecule has 0 radical (unpaired) electrons. The van der Waals surface area contributed by atoms with Crippen LogP contribution >= 0.6 is 0 Å². The zero-order valence-corrected chi connectivity index (χ0v) is 8.97. The molecule has 5 heteroatoms. The Bertz CT molecular complexity index is 444. The molecule has 1 aliphatic rings. The van der Waals surface area contributed by atoms with Gasteiger partial charge in [-0.3, -0.25) is 9.59 Å². The first kappa shape index (κ1) is 10.5. The Kier molecular flexibility index (Phi) is 2.52. The molecule has 1 amide bonds. The second-order valence-electron chi connectivity index (χ2n) is 3.41. The van der Waals surface area contributed by atoms with E-state index in [1.807, 2.05) is 0 Å². The molecule has 1 aromatic carbocycles. The fourth-order valence-electron chi connectivity index (χ4n) is 1.58. The molecule has 1 unspecified atom stereocenters. The summed E-state index contributed by atoms with van der Waals surface area (Å²) in [5.74, 6) is 0.720. The molecular weight excluding hydrogens is 210 g/mol. The van der Waals surface area contributed by atoms with Crippen LogP contribution < -0.4 is 14.4 Å². The smallest absolute Gasteiger partial charge is 0.275 e. The van der Waals surface area contributed by atoms with Crippen LogP contribution in [-0.4, -0.2) is 32.5 Å². The lowest BCUT2D eigenvalue weighted by molar-refractivity contribution is -0.131. The van der Waals surface area contributed by atoms with E-state index >= 15 is 0 Å². The van der Waals surface area contributed by atoms with E-state index in [0.29, 0.717) is 23.5 Å². The van der Waals surface area contributed by atoms with Gasteiger partial charge in [0.1, 0.15) is 11.5 Å². The number of hydrogen-bond acceptors (Lipinski definition) is 4. The molecule has 0 saturated carbocycles. The Morgan fingerprint density at radius 3 is 2.88 bits per heavy atom. The second-order valence-corrected chi connectivity index (χ2v) is 3.41. The highest BCUT2D eigenvalue weighted by Crippen LogP contribution is 2.35. The number of carbonyl (C=O) groups is 2. The molecule has 5 nitrogen and oxygen atoms in total. The van der Waals surface area contributed by atoms with Gasteiger partial charge in [-0.2, -0.15) is 0 Å². The molecule has 0 aromatic heterocycles. The minimum atomic E-state index is -1.07. The zero-order valence-electron chi connectivity index (χ0n) is 8.97. The van der Waals surface area contributed by atoms with Gasteiger partial charge in [0, 0.05) is 13.1 Å². The molecule has 0 bridgehead atoms. The van der Waals surface area contributed by atoms with Crippen LogP contribution in [0.4, 0.5) is 5.69 Å². The highest BCUT2D eigenvalue weighted by atomic mass is 16.5. The third kappa shape index (κ3) is 1.50. The predicted octanol–water partition coefficient (Wildman–Crippen LogP) is 0.618. The van der Waals surface area contributed by atoms with Crippen LogP contribution in [0.5, 0.6) is 11.5 Å². The van der Waals surface area contributed by atoms with E-state index in [1.165, 1.54) is 12.0 Å². The Labute approximate surface area is 92.6 Å². The number of aldehydes is 1. The summed E-state index contributed by atoms with van der Waals surface area (Å²) in [5.41, 5.74) is 0.629. The average molecular weight is 221 g/mol. The van der Waals surface area contributed by atoms with E-state index < -0.39 is 6.10 Å². The monoisotopic (exact) mass is 221 g/mol. The molecule has 0 saturated heterocycles. The first-order chi connectivity index (χ1) is 7.67. The molecule has 84 valence electrons. The van der Waals surface area contributed by atoms with E-state index in [1.54, 1.807) is 25.2 Å². The lowest BCUT2D eigenvalue weighted by Gasteiger charge is -2.29. The summed E-state index contributed by atoms with van der Waals surface area (Å²) in [6, 6.07) is 5.09. The van der Waals surface area contributed by atoms with E-state index in [-0.39, 0.29) is 5.91 Å². The van der Waals surface area contributed by atoms with Crippen molar-refractivity contribution >= 4 is 17.9 Å². The highest BCUT2D eigenvalue weighted by molar-refractivity contribution is 6.07. The zero-order chi connectivity index (χ0) is 11.7. The van der Waals surface area contributed by atoms with Crippen molar-refractivity contribution in [3.05, 3.63) is 18.2 Å². The van der Waals surface area contributed by atoms with Crippen molar-refractivity contribution in [3.63, 3.8) is 0 Å². The summed E-state index contributed by atoms with van der Waals surface area (Å²) in [4.78, 5) is 23.7. The van der Waals surface area contributed by atoms with Gasteiger partial charge in [0.15, 0.2) is 6.29 Å². The Hall–Kier alpha value is -2.04. The van der Waals surface area contributed by atoms with E-state index in [2.05, 4.69) is 0 Å². The molecule has 16 heavy (non-hydrogen) atoms.